The first-order valence-electron chi connectivity index (χ1n) is 5.15. The Morgan fingerprint density at radius 2 is 2.07 bits per heavy atom. The van der Waals surface area contributed by atoms with Gasteiger partial charge in [-0.1, -0.05) is 13.8 Å². The molecule has 2 fully saturated rings. The minimum atomic E-state index is -3.60. The molecule has 0 N–H and O–H groups in total. The fraction of sp³-hybridized carbons (Fsp3) is 0.900. The molecule has 0 heterocycles. The highest BCUT2D eigenvalue weighted by Gasteiger charge is 2.65. The molecule has 2 aliphatic carbocycles. The maximum absolute atomic E-state index is 11.9. The normalized spacial score (nSPS) is 38.6. The van der Waals surface area contributed by atoms with Crippen molar-refractivity contribution < 1.29 is 13.2 Å². The number of Topliss-reactive ketones (excluding diaryl/α,β-unsaturated/α-hetero) is 1. The van der Waals surface area contributed by atoms with E-state index in [0.29, 0.717) is 18.8 Å². The van der Waals surface area contributed by atoms with Gasteiger partial charge in [-0.15, -0.1) is 0 Å². The van der Waals surface area contributed by atoms with Gasteiger partial charge in [-0.2, -0.15) is 0 Å². The first kappa shape index (κ1) is 11.4. The zero-order valence-electron chi connectivity index (χ0n) is 8.92. The van der Waals surface area contributed by atoms with Gasteiger partial charge in [0, 0.05) is 22.5 Å². The number of hydrogen-bond acceptors (Lipinski definition) is 3. The lowest BCUT2D eigenvalue weighted by Gasteiger charge is -2.35. The molecule has 0 aliphatic heterocycles. The van der Waals surface area contributed by atoms with Crippen molar-refractivity contribution in [3.05, 3.63) is 0 Å². The summed E-state index contributed by atoms with van der Waals surface area (Å²) in [5.41, 5.74) is -0.926. The quantitative estimate of drug-likeness (QED) is 0.704. The Kier molecular flexibility index (Phi) is 2.26. The van der Waals surface area contributed by atoms with E-state index < -0.39 is 14.5 Å². The zero-order chi connectivity index (χ0) is 11.5. The minimum absolute atomic E-state index is 0.0907. The number of fused-ring (bicyclic) bond motifs is 2. The van der Waals surface area contributed by atoms with Crippen LogP contribution in [0.25, 0.3) is 0 Å². The molecule has 2 rings (SSSR count). The van der Waals surface area contributed by atoms with E-state index in [-0.39, 0.29) is 17.0 Å². The summed E-state index contributed by atoms with van der Waals surface area (Å²) in [6, 6.07) is 0. The van der Waals surface area contributed by atoms with Crippen molar-refractivity contribution in [3.63, 3.8) is 0 Å². The molecule has 2 saturated carbocycles. The van der Waals surface area contributed by atoms with Gasteiger partial charge in [0.25, 0.3) is 0 Å². The maximum Gasteiger partial charge on any atom is 0.233 e. The van der Waals surface area contributed by atoms with Crippen molar-refractivity contribution in [2.75, 3.05) is 5.75 Å². The second kappa shape index (κ2) is 2.98. The summed E-state index contributed by atoms with van der Waals surface area (Å²) in [6.45, 7) is 4.00. The van der Waals surface area contributed by atoms with Gasteiger partial charge in [0.05, 0.1) is 5.75 Å². The van der Waals surface area contributed by atoms with E-state index in [2.05, 4.69) is 0 Å². The third kappa shape index (κ3) is 1.45. The molecule has 0 spiro atoms. The van der Waals surface area contributed by atoms with Crippen LogP contribution >= 0.6 is 10.7 Å². The summed E-state index contributed by atoms with van der Waals surface area (Å²) in [7, 11) is 1.71. The second-order valence-electron chi connectivity index (χ2n) is 5.35. The molecule has 0 aromatic carbocycles. The summed E-state index contributed by atoms with van der Waals surface area (Å²) in [5.74, 6) is 0.237. The van der Waals surface area contributed by atoms with E-state index in [4.69, 9.17) is 10.7 Å². The Labute approximate surface area is 94.6 Å². The number of carbonyl (C=O) groups is 1. The number of hydrogen-bond donors (Lipinski definition) is 0. The monoisotopic (exact) mass is 250 g/mol. The van der Waals surface area contributed by atoms with Crippen LogP contribution in [0, 0.1) is 16.7 Å². The van der Waals surface area contributed by atoms with Crippen LogP contribution in [0.4, 0.5) is 0 Å². The molecular weight excluding hydrogens is 236 g/mol. The van der Waals surface area contributed by atoms with Gasteiger partial charge >= 0.3 is 0 Å². The lowest BCUT2D eigenvalue weighted by Crippen LogP contribution is -2.41. The van der Waals surface area contributed by atoms with E-state index >= 15 is 0 Å². The molecule has 0 aromatic rings. The number of carbonyl (C=O) groups excluding carboxylic acids is 1. The number of halogens is 1. The summed E-state index contributed by atoms with van der Waals surface area (Å²) < 4.78 is 22.4. The van der Waals surface area contributed by atoms with Gasteiger partial charge in [0.15, 0.2) is 0 Å². The third-order valence-corrected chi connectivity index (χ3v) is 5.72. The van der Waals surface area contributed by atoms with Crippen molar-refractivity contribution in [1.29, 1.82) is 0 Å². The van der Waals surface area contributed by atoms with E-state index in [1.54, 1.807) is 0 Å². The highest BCUT2D eigenvalue weighted by atomic mass is 35.7. The van der Waals surface area contributed by atoms with Gasteiger partial charge in [0.1, 0.15) is 5.78 Å². The van der Waals surface area contributed by atoms with E-state index in [9.17, 15) is 13.2 Å². The van der Waals surface area contributed by atoms with E-state index in [1.807, 2.05) is 13.8 Å². The van der Waals surface area contributed by atoms with Crippen molar-refractivity contribution in [1.82, 2.24) is 0 Å². The van der Waals surface area contributed by atoms with Crippen molar-refractivity contribution in [2.24, 2.45) is 16.7 Å². The number of ketones is 1. The van der Waals surface area contributed by atoms with Crippen molar-refractivity contribution >= 4 is 25.5 Å². The van der Waals surface area contributed by atoms with E-state index in [0.717, 1.165) is 6.42 Å². The first-order valence-corrected chi connectivity index (χ1v) is 7.62. The van der Waals surface area contributed by atoms with Crippen LogP contribution in [0.1, 0.15) is 33.1 Å². The first-order chi connectivity index (χ1) is 6.69. The Morgan fingerprint density at radius 3 is 2.40 bits per heavy atom. The molecule has 1 unspecified atom stereocenters. The average Bonchev–Trinajstić information content (AvgIpc) is 2.34. The lowest BCUT2D eigenvalue weighted by atomic mass is 9.70. The molecule has 2 bridgehead atoms. The molecule has 5 heteroatoms. The SMILES string of the molecule is CC1(C)[C@@H]2CCC1(CS(=O)(=O)Cl)C(=O)C2. The molecule has 86 valence electrons. The lowest BCUT2D eigenvalue weighted by molar-refractivity contribution is -0.128. The smallest absolute Gasteiger partial charge is 0.233 e. The van der Waals surface area contributed by atoms with Gasteiger partial charge < -0.3 is 0 Å². The van der Waals surface area contributed by atoms with Gasteiger partial charge in [0.2, 0.25) is 9.05 Å². The molecule has 0 aromatic heterocycles. The van der Waals surface area contributed by atoms with Crippen LogP contribution in [0.2, 0.25) is 0 Å². The van der Waals surface area contributed by atoms with E-state index in [1.165, 1.54) is 0 Å². The summed E-state index contributed by atoms with van der Waals surface area (Å²) in [4.78, 5) is 11.9. The van der Waals surface area contributed by atoms with Crippen LogP contribution in [-0.4, -0.2) is 20.0 Å². The van der Waals surface area contributed by atoms with Crippen LogP contribution < -0.4 is 0 Å². The predicted octanol–water partition coefficient (Wildman–Crippen LogP) is 1.95. The highest BCUT2D eigenvalue weighted by molar-refractivity contribution is 8.13. The Balaban J connectivity index is 2.45. The molecule has 2 aliphatic rings. The fourth-order valence-corrected chi connectivity index (χ4v) is 5.23. The predicted molar refractivity (Wildman–Crippen MR) is 58.2 cm³/mol. The highest BCUT2D eigenvalue weighted by Crippen LogP contribution is 2.64. The Hall–Kier alpha value is -0.0900. The van der Waals surface area contributed by atoms with Crippen LogP contribution in [0.5, 0.6) is 0 Å². The van der Waals surface area contributed by atoms with Crippen LogP contribution in [0.15, 0.2) is 0 Å². The summed E-state index contributed by atoms with van der Waals surface area (Å²) in [5, 5.41) is 0. The minimum Gasteiger partial charge on any atom is -0.299 e. The average molecular weight is 251 g/mol. The Bertz CT molecular complexity index is 412. The molecule has 3 nitrogen and oxygen atoms in total. The van der Waals surface area contributed by atoms with Crippen LogP contribution in [-0.2, 0) is 13.8 Å². The standard InChI is InChI=1S/C10H15ClO3S/c1-9(2)7-3-4-10(9,8(12)5-7)6-15(11,13)14/h7H,3-6H2,1-2H3/t7-,10?/m1/s1. The van der Waals surface area contributed by atoms with Gasteiger partial charge in [-0.05, 0) is 24.2 Å². The van der Waals surface area contributed by atoms with Crippen LogP contribution in [0.3, 0.4) is 0 Å². The molecule has 0 radical (unpaired) electrons. The molecule has 0 amide bonds. The molecular formula is C10H15ClO3S. The Morgan fingerprint density at radius 1 is 1.47 bits per heavy atom. The third-order valence-electron chi connectivity index (χ3n) is 4.56. The number of rotatable bonds is 2. The second-order valence-corrected chi connectivity index (χ2v) is 8.13. The van der Waals surface area contributed by atoms with Gasteiger partial charge in [-0.3, -0.25) is 4.79 Å². The molecule has 2 atom stereocenters. The van der Waals surface area contributed by atoms with Crippen molar-refractivity contribution in [3.8, 4) is 0 Å². The summed E-state index contributed by atoms with van der Waals surface area (Å²) >= 11 is 0. The molecule has 15 heavy (non-hydrogen) atoms. The zero-order valence-corrected chi connectivity index (χ0v) is 10.5. The van der Waals surface area contributed by atoms with Gasteiger partial charge in [-0.25, -0.2) is 8.42 Å². The fourth-order valence-electron chi connectivity index (χ4n) is 3.40. The molecule has 0 saturated heterocycles. The summed E-state index contributed by atoms with van der Waals surface area (Å²) in [6.07, 6.45) is 2.15. The van der Waals surface area contributed by atoms with Crippen molar-refractivity contribution in [2.45, 2.75) is 33.1 Å². The topological polar surface area (TPSA) is 51.2 Å². The largest absolute Gasteiger partial charge is 0.299 e. The maximum atomic E-state index is 11.9.